The smallest absolute Gasteiger partial charge is 0.261 e. The molecular formula is C23H31NO3. The molecule has 1 atom stereocenters. The summed E-state index contributed by atoms with van der Waals surface area (Å²) in [6.45, 7) is 8.65. The summed E-state index contributed by atoms with van der Waals surface area (Å²) in [6.07, 6.45) is 2.10. The van der Waals surface area contributed by atoms with Crippen molar-refractivity contribution in [1.82, 2.24) is 5.32 Å². The third-order valence-electron chi connectivity index (χ3n) is 4.17. The maximum absolute atomic E-state index is 12.4. The summed E-state index contributed by atoms with van der Waals surface area (Å²) in [7, 11) is 0. The van der Waals surface area contributed by atoms with Gasteiger partial charge in [0.05, 0.1) is 6.10 Å². The second-order valence-corrected chi connectivity index (χ2v) is 7.04. The Bertz CT molecular complexity index is 710. The quantitative estimate of drug-likeness (QED) is 0.618. The molecule has 0 aromatic heterocycles. The molecule has 146 valence electrons. The molecular weight excluding hydrogens is 338 g/mol. The molecule has 2 aromatic rings. The van der Waals surface area contributed by atoms with Crippen LogP contribution in [0.5, 0.6) is 11.5 Å². The van der Waals surface area contributed by atoms with E-state index in [4.69, 9.17) is 9.47 Å². The van der Waals surface area contributed by atoms with Crippen LogP contribution in [0.1, 0.15) is 44.7 Å². The fraction of sp³-hybridized carbons (Fsp3) is 0.435. The summed E-state index contributed by atoms with van der Waals surface area (Å²) < 4.78 is 11.5. The molecule has 0 saturated heterocycles. The minimum Gasteiger partial charge on any atom is -0.491 e. The van der Waals surface area contributed by atoms with Crippen LogP contribution in [-0.4, -0.2) is 24.7 Å². The predicted octanol–water partition coefficient (Wildman–Crippen LogP) is 4.69. The van der Waals surface area contributed by atoms with Crippen molar-refractivity contribution in [3.63, 3.8) is 0 Å². The van der Waals surface area contributed by atoms with Crippen molar-refractivity contribution >= 4 is 5.91 Å². The molecule has 0 unspecified atom stereocenters. The number of hydrogen-bond acceptors (Lipinski definition) is 3. The molecule has 0 aliphatic heterocycles. The average Bonchev–Trinajstić information content (AvgIpc) is 2.64. The maximum Gasteiger partial charge on any atom is 0.261 e. The SMILES string of the molecule is CC[C@@H](Oc1ccc(C)cc1)C(=O)NCCCc1cccc(OC(C)C)c1. The van der Waals surface area contributed by atoms with E-state index in [-0.39, 0.29) is 12.0 Å². The Hall–Kier alpha value is -2.49. The van der Waals surface area contributed by atoms with E-state index >= 15 is 0 Å². The van der Waals surface area contributed by atoms with Crippen molar-refractivity contribution in [2.75, 3.05) is 6.54 Å². The fourth-order valence-corrected chi connectivity index (χ4v) is 2.77. The van der Waals surface area contributed by atoms with E-state index in [0.717, 1.165) is 24.3 Å². The Labute approximate surface area is 162 Å². The second kappa shape index (κ2) is 10.6. The molecule has 0 aliphatic rings. The van der Waals surface area contributed by atoms with Crippen molar-refractivity contribution in [3.05, 3.63) is 59.7 Å². The molecule has 2 aromatic carbocycles. The van der Waals surface area contributed by atoms with Crippen LogP contribution in [0.3, 0.4) is 0 Å². The molecule has 0 radical (unpaired) electrons. The zero-order valence-corrected chi connectivity index (χ0v) is 16.8. The first-order valence-corrected chi connectivity index (χ1v) is 9.74. The van der Waals surface area contributed by atoms with Gasteiger partial charge in [-0.05, 0) is 69.9 Å². The van der Waals surface area contributed by atoms with E-state index in [9.17, 15) is 4.79 Å². The van der Waals surface area contributed by atoms with Gasteiger partial charge in [0.1, 0.15) is 11.5 Å². The van der Waals surface area contributed by atoms with Crippen LogP contribution in [0.2, 0.25) is 0 Å². The minimum absolute atomic E-state index is 0.0602. The second-order valence-electron chi connectivity index (χ2n) is 7.04. The first-order valence-electron chi connectivity index (χ1n) is 9.74. The first kappa shape index (κ1) is 20.8. The third kappa shape index (κ3) is 7.33. The van der Waals surface area contributed by atoms with E-state index in [1.807, 2.05) is 64.1 Å². The van der Waals surface area contributed by atoms with E-state index in [1.165, 1.54) is 11.1 Å². The Morgan fingerprint density at radius 3 is 2.44 bits per heavy atom. The van der Waals surface area contributed by atoms with Crippen LogP contribution in [0.4, 0.5) is 0 Å². The third-order valence-corrected chi connectivity index (χ3v) is 4.17. The van der Waals surface area contributed by atoms with Crippen LogP contribution in [0.15, 0.2) is 48.5 Å². The first-order chi connectivity index (χ1) is 13.0. The van der Waals surface area contributed by atoms with Gasteiger partial charge in [0.15, 0.2) is 6.10 Å². The predicted molar refractivity (Wildman–Crippen MR) is 109 cm³/mol. The standard InChI is InChI=1S/C23H31NO3/c1-5-22(27-20-13-11-18(4)12-14-20)23(25)24-15-7-9-19-8-6-10-21(16-19)26-17(2)3/h6,8,10-14,16-17,22H,5,7,9,15H2,1-4H3,(H,24,25)/t22-/m1/s1. The number of carbonyl (C=O) groups is 1. The van der Waals surface area contributed by atoms with Crippen LogP contribution < -0.4 is 14.8 Å². The summed E-state index contributed by atoms with van der Waals surface area (Å²) in [6, 6.07) is 15.9. The number of ether oxygens (including phenoxy) is 2. The van der Waals surface area contributed by atoms with Crippen LogP contribution in [0, 0.1) is 6.92 Å². The molecule has 27 heavy (non-hydrogen) atoms. The molecule has 0 saturated carbocycles. The number of rotatable bonds is 10. The molecule has 2 rings (SSSR count). The number of nitrogens with one attached hydrogen (secondary N) is 1. The number of carbonyl (C=O) groups excluding carboxylic acids is 1. The van der Waals surface area contributed by atoms with Gasteiger partial charge in [-0.1, -0.05) is 36.8 Å². The largest absolute Gasteiger partial charge is 0.491 e. The minimum atomic E-state index is -0.463. The zero-order chi connectivity index (χ0) is 19.6. The molecule has 1 N–H and O–H groups in total. The lowest BCUT2D eigenvalue weighted by atomic mass is 10.1. The number of hydrogen-bond donors (Lipinski definition) is 1. The van der Waals surface area contributed by atoms with Gasteiger partial charge in [-0.15, -0.1) is 0 Å². The van der Waals surface area contributed by atoms with Gasteiger partial charge in [-0.3, -0.25) is 4.79 Å². The van der Waals surface area contributed by atoms with Gasteiger partial charge in [-0.2, -0.15) is 0 Å². The lowest BCUT2D eigenvalue weighted by Gasteiger charge is -2.17. The molecule has 0 bridgehead atoms. The Morgan fingerprint density at radius 2 is 1.78 bits per heavy atom. The lowest BCUT2D eigenvalue weighted by molar-refractivity contribution is -0.128. The summed E-state index contributed by atoms with van der Waals surface area (Å²) in [5.41, 5.74) is 2.38. The van der Waals surface area contributed by atoms with Gasteiger partial charge in [0.25, 0.3) is 5.91 Å². The summed E-state index contributed by atoms with van der Waals surface area (Å²) >= 11 is 0. The molecule has 0 spiro atoms. The monoisotopic (exact) mass is 369 g/mol. The highest BCUT2D eigenvalue weighted by Crippen LogP contribution is 2.16. The fourth-order valence-electron chi connectivity index (χ4n) is 2.77. The van der Waals surface area contributed by atoms with Crippen LogP contribution >= 0.6 is 0 Å². The van der Waals surface area contributed by atoms with Crippen molar-refractivity contribution in [3.8, 4) is 11.5 Å². The van der Waals surface area contributed by atoms with Crippen molar-refractivity contribution in [1.29, 1.82) is 0 Å². The van der Waals surface area contributed by atoms with Gasteiger partial charge >= 0.3 is 0 Å². The highest BCUT2D eigenvalue weighted by atomic mass is 16.5. The summed E-state index contributed by atoms with van der Waals surface area (Å²) in [5.74, 6) is 1.56. The number of aryl methyl sites for hydroxylation is 2. The molecule has 0 aliphatic carbocycles. The Kier molecular flexibility index (Phi) is 8.18. The topological polar surface area (TPSA) is 47.6 Å². The Balaban J connectivity index is 1.76. The van der Waals surface area contributed by atoms with E-state index in [1.54, 1.807) is 0 Å². The summed E-state index contributed by atoms with van der Waals surface area (Å²) in [5, 5.41) is 2.99. The zero-order valence-electron chi connectivity index (χ0n) is 16.8. The van der Waals surface area contributed by atoms with E-state index in [2.05, 4.69) is 17.4 Å². The van der Waals surface area contributed by atoms with Gasteiger partial charge in [0, 0.05) is 6.54 Å². The van der Waals surface area contributed by atoms with Crippen molar-refractivity contribution < 1.29 is 14.3 Å². The lowest BCUT2D eigenvalue weighted by Crippen LogP contribution is -2.38. The summed E-state index contributed by atoms with van der Waals surface area (Å²) in [4.78, 5) is 12.4. The highest BCUT2D eigenvalue weighted by Gasteiger charge is 2.17. The van der Waals surface area contributed by atoms with Crippen molar-refractivity contribution in [2.45, 2.75) is 59.2 Å². The molecule has 1 amide bonds. The van der Waals surface area contributed by atoms with Gasteiger partial charge in [0.2, 0.25) is 0 Å². The van der Waals surface area contributed by atoms with Crippen LogP contribution in [0.25, 0.3) is 0 Å². The van der Waals surface area contributed by atoms with E-state index < -0.39 is 6.10 Å². The Morgan fingerprint density at radius 1 is 1.04 bits per heavy atom. The highest BCUT2D eigenvalue weighted by molar-refractivity contribution is 5.81. The normalized spacial score (nSPS) is 11.9. The maximum atomic E-state index is 12.4. The molecule has 4 heteroatoms. The van der Waals surface area contributed by atoms with Crippen molar-refractivity contribution in [2.24, 2.45) is 0 Å². The van der Waals surface area contributed by atoms with Gasteiger partial charge in [-0.25, -0.2) is 0 Å². The molecule has 0 heterocycles. The average molecular weight is 370 g/mol. The van der Waals surface area contributed by atoms with E-state index in [0.29, 0.717) is 13.0 Å². The molecule has 4 nitrogen and oxygen atoms in total. The number of amides is 1. The molecule has 0 fully saturated rings. The van der Waals surface area contributed by atoms with Crippen LogP contribution in [-0.2, 0) is 11.2 Å². The van der Waals surface area contributed by atoms with Gasteiger partial charge < -0.3 is 14.8 Å². The number of benzene rings is 2.